The van der Waals surface area contributed by atoms with Crippen molar-refractivity contribution in [3.63, 3.8) is 0 Å². The van der Waals surface area contributed by atoms with Crippen LogP contribution in [0, 0.1) is 0 Å². The zero-order valence-corrected chi connectivity index (χ0v) is 10.2. The Morgan fingerprint density at radius 1 is 1.50 bits per heavy atom. The number of carbonyl (C=O) groups excluding carboxylic acids is 1. The Morgan fingerprint density at radius 3 is 2.69 bits per heavy atom. The molecule has 1 aromatic carbocycles. The molecular formula is C10H12Cl2N2O2. The van der Waals surface area contributed by atoms with E-state index in [1.165, 1.54) is 17.0 Å². The van der Waals surface area contributed by atoms with Crippen molar-refractivity contribution in [1.82, 2.24) is 4.90 Å². The van der Waals surface area contributed by atoms with Gasteiger partial charge in [-0.2, -0.15) is 0 Å². The monoisotopic (exact) mass is 262 g/mol. The number of halogens is 2. The lowest BCUT2D eigenvalue weighted by atomic mass is 10.1. The first-order valence-electron chi connectivity index (χ1n) is 4.58. The number of amides is 1. The van der Waals surface area contributed by atoms with Crippen LogP contribution in [0.4, 0.5) is 5.69 Å². The van der Waals surface area contributed by atoms with Gasteiger partial charge < -0.3 is 15.7 Å². The topological polar surface area (TPSA) is 66.6 Å². The van der Waals surface area contributed by atoms with Crippen molar-refractivity contribution < 1.29 is 9.90 Å². The van der Waals surface area contributed by atoms with Crippen molar-refractivity contribution in [2.24, 2.45) is 0 Å². The number of rotatable bonds is 3. The van der Waals surface area contributed by atoms with Crippen LogP contribution in [0.1, 0.15) is 10.4 Å². The van der Waals surface area contributed by atoms with Crippen LogP contribution in [0.15, 0.2) is 12.1 Å². The van der Waals surface area contributed by atoms with E-state index in [0.717, 1.165) is 0 Å². The Kier molecular flexibility index (Phi) is 4.41. The van der Waals surface area contributed by atoms with E-state index >= 15 is 0 Å². The van der Waals surface area contributed by atoms with Gasteiger partial charge in [0.25, 0.3) is 5.91 Å². The van der Waals surface area contributed by atoms with Crippen LogP contribution in [0.5, 0.6) is 0 Å². The number of aliphatic hydroxyl groups is 1. The third-order valence-corrected chi connectivity index (χ3v) is 2.87. The fourth-order valence-corrected chi connectivity index (χ4v) is 1.64. The van der Waals surface area contributed by atoms with Crippen LogP contribution < -0.4 is 5.73 Å². The number of nitrogen functional groups attached to an aromatic ring is 1. The van der Waals surface area contributed by atoms with Crippen molar-refractivity contribution in [3.8, 4) is 0 Å². The number of hydrogen-bond acceptors (Lipinski definition) is 3. The maximum absolute atomic E-state index is 11.9. The van der Waals surface area contributed by atoms with Gasteiger partial charge in [0.1, 0.15) is 0 Å². The normalized spacial score (nSPS) is 10.2. The average molecular weight is 263 g/mol. The van der Waals surface area contributed by atoms with E-state index in [1.807, 2.05) is 0 Å². The maximum atomic E-state index is 11.9. The Labute approximate surface area is 104 Å². The van der Waals surface area contributed by atoms with Gasteiger partial charge in [-0.05, 0) is 12.1 Å². The lowest BCUT2D eigenvalue weighted by molar-refractivity contribution is 0.0767. The molecule has 3 N–H and O–H groups in total. The molecule has 1 amide bonds. The van der Waals surface area contributed by atoms with Gasteiger partial charge in [0, 0.05) is 19.3 Å². The number of aliphatic hydroxyl groups excluding tert-OH is 1. The molecule has 4 nitrogen and oxygen atoms in total. The van der Waals surface area contributed by atoms with E-state index in [4.69, 9.17) is 34.0 Å². The molecule has 1 rings (SSSR count). The van der Waals surface area contributed by atoms with Crippen LogP contribution in [0.3, 0.4) is 0 Å². The summed E-state index contributed by atoms with van der Waals surface area (Å²) in [6, 6.07) is 2.94. The van der Waals surface area contributed by atoms with E-state index in [1.54, 1.807) is 7.05 Å². The molecule has 1 aromatic rings. The second kappa shape index (κ2) is 5.39. The number of anilines is 1. The molecule has 0 aromatic heterocycles. The van der Waals surface area contributed by atoms with Gasteiger partial charge >= 0.3 is 0 Å². The SMILES string of the molecule is CN(CCO)C(=O)c1cc(N)cc(Cl)c1Cl. The molecule has 0 aliphatic heterocycles. The van der Waals surface area contributed by atoms with Crippen molar-refractivity contribution in [1.29, 1.82) is 0 Å². The summed E-state index contributed by atoms with van der Waals surface area (Å²) in [5, 5.41) is 9.14. The predicted octanol–water partition coefficient (Wildman–Crippen LogP) is 1.64. The Morgan fingerprint density at radius 2 is 2.12 bits per heavy atom. The van der Waals surface area contributed by atoms with Crippen molar-refractivity contribution >= 4 is 34.8 Å². The summed E-state index contributed by atoms with van der Waals surface area (Å²) >= 11 is 11.7. The van der Waals surface area contributed by atoms with Gasteiger partial charge in [0.05, 0.1) is 22.2 Å². The minimum Gasteiger partial charge on any atom is -0.399 e. The minimum absolute atomic E-state index is 0.115. The first kappa shape index (κ1) is 13.1. The largest absolute Gasteiger partial charge is 0.399 e. The van der Waals surface area contributed by atoms with Gasteiger partial charge in [0.2, 0.25) is 0 Å². The number of nitrogens with two attached hydrogens (primary N) is 1. The van der Waals surface area contributed by atoms with E-state index in [2.05, 4.69) is 0 Å². The van der Waals surface area contributed by atoms with Crippen LogP contribution in [0.25, 0.3) is 0 Å². The summed E-state index contributed by atoms with van der Waals surface area (Å²) in [5.41, 5.74) is 6.19. The quantitative estimate of drug-likeness (QED) is 0.814. The van der Waals surface area contributed by atoms with Crippen LogP contribution in [-0.2, 0) is 0 Å². The predicted molar refractivity (Wildman–Crippen MR) is 64.9 cm³/mol. The van der Waals surface area contributed by atoms with Crippen LogP contribution in [0.2, 0.25) is 10.0 Å². The average Bonchev–Trinajstić information content (AvgIpc) is 2.22. The van der Waals surface area contributed by atoms with E-state index in [0.29, 0.717) is 5.69 Å². The second-order valence-corrected chi connectivity index (χ2v) is 4.10. The molecule has 6 heteroatoms. The van der Waals surface area contributed by atoms with Crippen LogP contribution >= 0.6 is 23.2 Å². The van der Waals surface area contributed by atoms with Gasteiger partial charge in [-0.15, -0.1) is 0 Å². The van der Waals surface area contributed by atoms with Crippen molar-refractivity contribution in [2.45, 2.75) is 0 Å². The number of carbonyl (C=O) groups is 1. The summed E-state index contributed by atoms with van der Waals surface area (Å²) in [7, 11) is 1.56. The molecular weight excluding hydrogens is 251 g/mol. The Bertz CT molecular complexity index is 410. The third kappa shape index (κ3) is 2.78. The van der Waals surface area contributed by atoms with Gasteiger partial charge in [-0.3, -0.25) is 4.79 Å². The molecule has 0 radical (unpaired) electrons. The first-order chi connectivity index (χ1) is 7.47. The van der Waals surface area contributed by atoms with Crippen molar-refractivity contribution in [2.75, 3.05) is 25.9 Å². The molecule has 0 unspecified atom stereocenters. The van der Waals surface area contributed by atoms with E-state index < -0.39 is 0 Å². The molecule has 0 spiro atoms. The Hall–Kier alpha value is -0.970. The number of nitrogens with zero attached hydrogens (tertiary/aromatic N) is 1. The Balaban J connectivity index is 3.08. The lowest BCUT2D eigenvalue weighted by Crippen LogP contribution is -2.29. The van der Waals surface area contributed by atoms with Crippen LogP contribution in [-0.4, -0.2) is 36.1 Å². The smallest absolute Gasteiger partial charge is 0.255 e. The number of benzene rings is 1. The zero-order chi connectivity index (χ0) is 12.3. The molecule has 16 heavy (non-hydrogen) atoms. The number of hydrogen-bond donors (Lipinski definition) is 2. The molecule has 0 saturated carbocycles. The van der Waals surface area contributed by atoms with Gasteiger partial charge in [-0.25, -0.2) is 0 Å². The molecule has 0 aliphatic carbocycles. The molecule has 0 saturated heterocycles. The zero-order valence-electron chi connectivity index (χ0n) is 8.70. The molecule has 0 heterocycles. The summed E-state index contributed by atoms with van der Waals surface area (Å²) in [5.74, 6) is -0.326. The minimum atomic E-state index is -0.326. The lowest BCUT2D eigenvalue weighted by Gasteiger charge is -2.17. The highest BCUT2D eigenvalue weighted by atomic mass is 35.5. The maximum Gasteiger partial charge on any atom is 0.255 e. The van der Waals surface area contributed by atoms with Gasteiger partial charge in [0.15, 0.2) is 0 Å². The highest BCUT2D eigenvalue weighted by Crippen LogP contribution is 2.29. The number of likely N-dealkylation sites (N-methyl/N-ethyl adjacent to an activating group) is 1. The highest BCUT2D eigenvalue weighted by molar-refractivity contribution is 6.44. The van der Waals surface area contributed by atoms with E-state index in [-0.39, 0.29) is 34.7 Å². The summed E-state index contributed by atoms with van der Waals surface area (Å²) < 4.78 is 0. The van der Waals surface area contributed by atoms with Crippen molar-refractivity contribution in [3.05, 3.63) is 27.7 Å². The molecule has 0 fully saturated rings. The van der Waals surface area contributed by atoms with Gasteiger partial charge in [-0.1, -0.05) is 23.2 Å². The second-order valence-electron chi connectivity index (χ2n) is 3.31. The summed E-state index contributed by atoms with van der Waals surface area (Å²) in [6.07, 6.45) is 0. The fourth-order valence-electron chi connectivity index (χ4n) is 1.22. The summed E-state index contributed by atoms with van der Waals surface area (Å²) in [4.78, 5) is 13.2. The molecule has 0 bridgehead atoms. The highest BCUT2D eigenvalue weighted by Gasteiger charge is 2.17. The first-order valence-corrected chi connectivity index (χ1v) is 5.33. The third-order valence-electron chi connectivity index (χ3n) is 2.06. The van der Waals surface area contributed by atoms with E-state index in [9.17, 15) is 4.79 Å². The fraction of sp³-hybridized carbons (Fsp3) is 0.300. The molecule has 0 aliphatic rings. The standard InChI is InChI=1S/C10H12Cl2N2O2/c1-14(2-3-15)10(16)7-4-6(13)5-8(11)9(7)12/h4-5,15H,2-3,13H2,1H3. The molecule has 0 atom stereocenters. The molecule has 88 valence electrons. The summed E-state index contributed by atoms with van der Waals surface area (Å²) in [6.45, 7) is 0.109.